The standard InChI is InChI=1S/C14H17ClN2O5/c1-22-12(19)10-6-9(2-3-11(10)15)16-13(20)17-5-4-14(21,7-17)8-18/h2-3,6,18,21H,4-5,7-8H2,1H3,(H,16,20)/t14-/m1/s1. The topological polar surface area (TPSA) is 99.1 Å². The highest BCUT2D eigenvalue weighted by molar-refractivity contribution is 6.33. The second kappa shape index (κ2) is 6.51. The fourth-order valence-corrected chi connectivity index (χ4v) is 2.43. The van der Waals surface area contributed by atoms with Gasteiger partial charge >= 0.3 is 12.0 Å². The average molecular weight is 329 g/mol. The lowest BCUT2D eigenvalue weighted by Gasteiger charge is -2.21. The summed E-state index contributed by atoms with van der Waals surface area (Å²) in [6.07, 6.45) is 0.310. The summed E-state index contributed by atoms with van der Waals surface area (Å²) in [5.74, 6) is -0.600. The molecule has 7 nitrogen and oxygen atoms in total. The number of hydrogen-bond donors (Lipinski definition) is 3. The van der Waals surface area contributed by atoms with Gasteiger partial charge in [0.2, 0.25) is 0 Å². The molecular formula is C14H17ClN2O5. The van der Waals surface area contributed by atoms with E-state index in [4.69, 9.17) is 16.7 Å². The van der Waals surface area contributed by atoms with Gasteiger partial charge in [-0.3, -0.25) is 0 Å². The number of amides is 2. The van der Waals surface area contributed by atoms with Crippen LogP contribution >= 0.6 is 11.6 Å². The van der Waals surface area contributed by atoms with Crippen molar-refractivity contribution in [2.45, 2.75) is 12.0 Å². The van der Waals surface area contributed by atoms with E-state index in [2.05, 4.69) is 10.1 Å². The fourth-order valence-electron chi connectivity index (χ4n) is 2.23. The molecule has 3 N–H and O–H groups in total. The van der Waals surface area contributed by atoms with Crippen molar-refractivity contribution in [1.82, 2.24) is 4.90 Å². The SMILES string of the molecule is COC(=O)c1cc(NC(=O)N2CC[C@](O)(CO)C2)ccc1Cl. The Balaban J connectivity index is 2.08. The van der Waals surface area contributed by atoms with Crippen LogP contribution in [0.5, 0.6) is 0 Å². The van der Waals surface area contributed by atoms with E-state index in [-0.39, 0.29) is 17.1 Å². The zero-order valence-electron chi connectivity index (χ0n) is 12.0. The second-order valence-corrected chi connectivity index (χ2v) is 5.58. The Hall–Kier alpha value is -1.83. The molecule has 0 spiro atoms. The number of aliphatic hydroxyl groups excluding tert-OH is 1. The van der Waals surface area contributed by atoms with E-state index in [1.165, 1.54) is 24.1 Å². The molecule has 0 radical (unpaired) electrons. The van der Waals surface area contributed by atoms with Gasteiger partial charge in [-0.2, -0.15) is 0 Å². The Kier molecular flexibility index (Phi) is 4.90. The van der Waals surface area contributed by atoms with Crippen molar-refractivity contribution in [2.75, 3.05) is 32.1 Å². The molecule has 1 saturated heterocycles. The zero-order valence-corrected chi connectivity index (χ0v) is 12.8. The second-order valence-electron chi connectivity index (χ2n) is 5.17. The number of methoxy groups -OCH3 is 1. The highest BCUT2D eigenvalue weighted by atomic mass is 35.5. The number of rotatable bonds is 3. The number of esters is 1. The van der Waals surface area contributed by atoms with Crippen molar-refractivity contribution >= 4 is 29.3 Å². The summed E-state index contributed by atoms with van der Waals surface area (Å²) < 4.78 is 4.61. The summed E-state index contributed by atoms with van der Waals surface area (Å²) in [5, 5.41) is 21.9. The number of carbonyl (C=O) groups excluding carboxylic acids is 2. The third-order valence-electron chi connectivity index (χ3n) is 3.54. The van der Waals surface area contributed by atoms with E-state index >= 15 is 0 Å². The molecule has 22 heavy (non-hydrogen) atoms. The molecule has 0 saturated carbocycles. The minimum atomic E-state index is -1.26. The minimum Gasteiger partial charge on any atom is -0.465 e. The van der Waals surface area contributed by atoms with Gasteiger partial charge in [0.15, 0.2) is 0 Å². The van der Waals surface area contributed by atoms with E-state index in [0.29, 0.717) is 18.7 Å². The van der Waals surface area contributed by atoms with Crippen LogP contribution in [-0.2, 0) is 4.74 Å². The number of nitrogens with one attached hydrogen (secondary N) is 1. The number of hydrogen-bond acceptors (Lipinski definition) is 5. The third kappa shape index (κ3) is 3.49. The molecule has 0 aliphatic carbocycles. The van der Waals surface area contributed by atoms with Crippen LogP contribution in [0.25, 0.3) is 0 Å². The maximum absolute atomic E-state index is 12.1. The van der Waals surface area contributed by atoms with Crippen LogP contribution in [0, 0.1) is 0 Å². The number of ether oxygens (including phenoxy) is 1. The first-order chi connectivity index (χ1) is 10.4. The number of aliphatic hydroxyl groups is 2. The van der Waals surface area contributed by atoms with Crippen LogP contribution in [0.3, 0.4) is 0 Å². The molecule has 0 bridgehead atoms. The molecule has 8 heteroatoms. The van der Waals surface area contributed by atoms with Crippen LogP contribution in [0.4, 0.5) is 10.5 Å². The lowest BCUT2D eigenvalue weighted by atomic mass is 10.1. The molecule has 1 aromatic carbocycles. The van der Waals surface area contributed by atoms with Crippen LogP contribution in [-0.4, -0.2) is 59.5 Å². The lowest BCUT2D eigenvalue weighted by Crippen LogP contribution is -2.40. The summed E-state index contributed by atoms with van der Waals surface area (Å²) in [6, 6.07) is 4.03. The molecule has 1 fully saturated rings. The van der Waals surface area contributed by atoms with Crippen molar-refractivity contribution < 1.29 is 24.5 Å². The Morgan fingerprint density at radius 3 is 2.82 bits per heavy atom. The molecule has 1 aliphatic heterocycles. The summed E-state index contributed by atoms with van der Waals surface area (Å²) in [6.45, 7) is -0.0165. The summed E-state index contributed by atoms with van der Waals surface area (Å²) >= 11 is 5.90. The first-order valence-electron chi connectivity index (χ1n) is 6.65. The van der Waals surface area contributed by atoms with Gasteiger partial charge in [0.25, 0.3) is 0 Å². The highest BCUT2D eigenvalue weighted by Gasteiger charge is 2.37. The van der Waals surface area contributed by atoms with Crippen molar-refractivity contribution in [3.05, 3.63) is 28.8 Å². The largest absolute Gasteiger partial charge is 0.465 e. The lowest BCUT2D eigenvalue weighted by molar-refractivity contribution is -0.00246. The van der Waals surface area contributed by atoms with Crippen molar-refractivity contribution in [1.29, 1.82) is 0 Å². The van der Waals surface area contributed by atoms with Gasteiger partial charge in [0, 0.05) is 12.2 Å². The smallest absolute Gasteiger partial charge is 0.339 e. The summed E-state index contributed by atoms with van der Waals surface area (Å²) in [7, 11) is 1.24. The minimum absolute atomic E-state index is 0.0484. The quantitative estimate of drug-likeness (QED) is 0.721. The Labute approximate surface area is 132 Å². The van der Waals surface area contributed by atoms with Gasteiger partial charge < -0.3 is 25.2 Å². The van der Waals surface area contributed by atoms with Crippen LogP contribution in [0.2, 0.25) is 5.02 Å². The molecule has 1 atom stereocenters. The number of urea groups is 1. The normalized spacial score (nSPS) is 20.8. The molecule has 1 heterocycles. The predicted octanol–water partition coefficient (Wildman–Crippen LogP) is 1.09. The van der Waals surface area contributed by atoms with E-state index in [1.54, 1.807) is 6.07 Å². The molecule has 2 rings (SSSR count). The van der Waals surface area contributed by atoms with E-state index in [0.717, 1.165) is 0 Å². The number of nitrogens with zero attached hydrogens (tertiary/aromatic N) is 1. The van der Waals surface area contributed by atoms with Crippen LogP contribution in [0.15, 0.2) is 18.2 Å². The first-order valence-corrected chi connectivity index (χ1v) is 7.03. The van der Waals surface area contributed by atoms with Gasteiger partial charge in [0.05, 0.1) is 30.8 Å². The zero-order chi connectivity index (χ0) is 16.3. The van der Waals surface area contributed by atoms with Gasteiger partial charge in [-0.1, -0.05) is 11.6 Å². The van der Waals surface area contributed by atoms with Gasteiger partial charge in [-0.25, -0.2) is 9.59 Å². The number of β-amino-alcohol motifs (C(OH)–C–C–N with tert-alkyl or cyclic N) is 1. The molecule has 0 aromatic heterocycles. The predicted molar refractivity (Wildman–Crippen MR) is 80.0 cm³/mol. The highest BCUT2D eigenvalue weighted by Crippen LogP contribution is 2.24. The van der Waals surface area contributed by atoms with E-state index in [1.807, 2.05) is 0 Å². The molecule has 2 amide bonds. The van der Waals surface area contributed by atoms with Crippen LogP contribution < -0.4 is 5.32 Å². The van der Waals surface area contributed by atoms with Crippen LogP contribution in [0.1, 0.15) is 16.8 Å². The van der Waals surface area contributed by atoms with Crippen molar-refractivity contribution in [2.24, 2.45) is 0 Å². The van der Waals surface area contributed by atoms with Crippen molar-refractivity contribution in [3.8, 4) is 0 Å². The maximum atomic E-state index is 12.1. The first kappa shape index (κ1) is 16.5. The molecular weight excluding hydrogens is 312 g/mol. The Morgan fingerprint density at radius 2 is 2.23 bits per heavy atom. The number of carbonyl (C=O) groups is 2. The summed E-state index contributed by atoms with van der Waals surface area (Å²) in [4.78, 5) is 25.1. The monoisotopic (exact) mass is 328 g/mol. The van der Waals surface area contributed by atoms with Crippen molar-refractivity contribution in [3.63, 3.8) is 0 Å². The van der Waals surface area contributed by atoms with Gasteiger partial charge in [0.1, 0.15) is 5.60 Å². The third-order valence-corrected chi connectivity index (χ3v) is 3.87. The molecule has 1 aromatic rings. The molecule has 1 aliphatic rings. The summed E-state index contributed by atoms with van der Waals surface area (Å²) in [5.41, 5.74) is -0.724. The molecule has 0 unspecified atom stereocenters. The van der Waals surface area contributed by atoms with E-state index < -0.39 is 24.2 Å². The Bertz CT molecular complexity index is 595. The maximum Gasteiger partial charge on any atom is 0.339 e. The number of anilines is 1. The number of halogens is 1. The Morgan fingerprint density at radius 1 is 1.50 bits per heavy atom. The van der Waals surface area contributed by atoms with E-state index in [9.17, 15) is 14.7 Å². The number of likely N-dealkylation sites (tertiary alicyclic amines) is 1. The van der Waals surface area contributed by atoms with Gasteiger partial charge in [-0.15, -0.1) is 0 Å². The average Bonchev–Trinajstić information content (AvgIpc) is 2.92. The number of benzene rings is 1. The van der Waals surface area contributed by atoms with Gasteiger partial charge in [-0.05, 0) is 24.6 Å². The fraction of sp³-hybridized carbons (Fsp3) is 0.429. The molecule has 120 valence electrons.